The van der Waals surface area contributed by atoms with Crippen molar-refractivity contribution in [1.29, 1.82) is 0 Å². The second-order valence-corrected chi connectivity index (χ2v) is 8.41. The van der Waals surface area contributed by atoms with E-state index in [0.717, 1.165) is 51.8 Å². The van der Waals surface area contributed by atoms with E-state index in [-0.39, 0.29) is 12.2 Å². The van der Waals surface area contributed by atoms with Crippen LogP contribution in [0.25, 0.3) is 0 Å². The summed E-state index contributed by atoms with van der Waals surface area (Å²) in [6.45, 7) is 10.3. The average molecular weight is 362 g/mol. The lowest BCUT2D eigenvalue weighted by atomic mass is 9.94. The molecule has 0 radical (unpaired) electrons. The molecule has 1 atom stereocenters. The standard InChI is InChI=1S/C22H35NO3/c1-18(10-11-19-8-6-5-7-9-19)25-17-14-20-12-15-23(16-13-20)21(24)26-22(2,3)4/h5-9,18,20H,10-17H2,1-4H3. The van der Waals surface area contributed by atoms with Crippen LogP contribution < -0.4 is 0 Å². The van der Waals surface area contributed by atoms with Gasteiger partial charge in [0.25, 0.3) is 0 Å². The Hall–Kier alpha value is -1.55. The summed E-state index contributed by atoms with van der Waals surface area (Å²) >= 11 is 0. The van der Waals surface area contributed by atoms with Gasteiger partial charge in [-0.05, 0) is 71.3 Å². The van der Waals surface area contributed by atoms with Gasteiger partial charge in [0.15, 0.2) is 0 Å². The zero-order valence-corrected chi connectivity index (χ0v) is 16.9. The summed E-state index contributed by atoms with van der Waals surface area (Å²) in [6.07, 6.45) is 5.40. The van der Waals surface area contributed by atoms with Gasteiger partial charge in [0.05, 0.1) is 6.10 Å². The number of hydrogen-bond acceptors (Lipinski definition) is 3. The van der Waals surface area contributed by atoms with E-state index in [1.54, 1.807) is 0 Å². The van der Waals surface area contributed by atoms with Crippen LogP contribution in [-0.4, -0.2) is 42.4 Å². The summed E-state index contributed by atoms with van der Waals surface area (Å²) < 4.78 is 11.5. The number of carbonyl (C=O) groups excluding carboxylic acids is 1. The molecule has 1 aliphatic heterocycles. The predicted molar refractivity (Wildman–Crippen MR) is 105 cm³/mol. The van der Waals surface area contributed by atoms with Crippen molar-refractivity contribution in [1.82, 2.24) is 4.90 Å². The van der Waals surface area contributed by atoms with Gasteiger partial charge in [-0.15, -0.1) is 0 Å². The number of aryl methyl sites for hydroxylation is 1. The SMILES string of the molecule is CC(CCc1ccccc1)OCCC1CCN(C(=O)OC(C)(C)C)CC1. The van der Waals surface area contributed by atoms with Crippen molar-refractivity contribution < 1.29 is 14.3 Å². The molecule has 1 unspecified atom stereocenters. The largest absolute Gasteiger partial charge is 0.444 e. The second kappa shape index (κ2) is 9.96. The van der Waals surface area contributed by atoms with Crippen LogP contribution >= 0.6 is 0 Å². The third-order valence-corrected chi connectivity index (χ3v) is 4.88. The van der Waals surface area contributed by atoms with Crippen molar-refractivity contribution >= 4 is 6.09 Å². The zero-order chi connectivity index (χ0) is 19.0. The molecule has 1 aromatic rings. The minimum atomic E-state index is -0.419. The lowest BCUT2D eigenvalue weighted by Gasteiger charge is -2.33. The molecule has 1 heterocycles. The Balaban J connectivity index is 1.57. The van der Waals surface area contributed by atoms with Gasteiger partial charge in [-0.2, -0.15) is 0 Å². The normalized spacial score (nSPS) is 17.2. The summed E-state index contributed by atoms with van der Waals surface area (Å²) in [5.41, 5.74) is 0.954. The van der Waals surface area contributed by atoms with Crippen LogP contribution in [0.4, 0.5) is 4.79 Å². The maximum atomic E-state index is 12.1. The van der Waals surface area contributed by atoms with Gasteiger partial charge in [0, 0.05) is 19.7 Å². The van der Waals surface area contributed by atoms with Crippen LogP contribution in [-0.2, 0) is 15.9 Å². The second-order valence-electron chi connectivity index (χ2n) is 8.41. The van der Waals surface area contributed by atoms with Crippen LogP contribution in [0.5, 0.6) is 0 Å². The number of amides is 1. The molecule has 1 aliphatic rings. The first-order valence-electron chi connectivity index (χ1n) is 9.97. The van der Waals surface area contributed by atoms with Crippen molar-refractivity contribution in [3.63, 3.8) is 0 Å². The number of nitrogens with zero attached hydrogens (tertiary/aromatic N) is 1. The van der Waals surface area contributed by atoms with Gasteiger partial charge in [0.1, 0.15) is 5.60 Å². The van der Waals surface area contributed by atoms with E-state index >= 15 is 0 Å². The van der Waals surface area contributed by atoms with Gasteiger partial charge in [0.2, 0.25) is 0 Å². The van der Waals surface area contributed by atoms with E-state index in [4.69, 9.17) is 9.47 Å². The molecular weight excluding hydrogens is 326 g/mol. The maximum Gasteiger partial charge on any atom is 0.410 e. The Kier molecular flexibility index (Phi) is 7.95. The molecule has 1 amide bonds. The summed E-state index contributed by atoms with van der Waals surface area (Å²) in [7, 11) is 0. The number of rotatable bonds is 7. The Morgan fingerprint density at radius 3 is 2.46 bits per heavy atom. The van der Waals surface area contributed by atoms with Crippen LogP contribution in [0.15, 0.2) is 30.3 Å². The molecule has 1 aromatic carbocycles. The molecule has 4 heteroatoms. The van der Waals surface area contributed by atoms with Crippen molar-refractivity contribution in [2.45, 2.75) is 71.5 Å². The summed E-state index contributed by atoms with van der Waals surface area (Å²) in [5.74, 6) is 0.648. The fraction of sp³-hybridized carbons (Fsp3) is 0.682. The molecule has 0 aromatic heterocycles. The molecule has 0 N–H and O–H groups in total. The fourth-order valence-corrected chi connectivity index (χ4v) is 3.26. The van der Waals surface area contributed by atoms with Gasteiger partial charge in [-0.25, -0.2) is 4.79 Å². The molecule has 4 nitrogen and oxygen atoms in total. The molecular formula is C22H35NO3. The fourth-order valence-electron chi connectivity index (χ4n) is 3.26. The monoisotopic (exact) mass is 361 g/mol. The van der Waals surface area contributed by atoms with Gasteiger partial charge >= 0.3 is 6.09 Å². The molecule has 0 bridgehead atoms. The van der Waals surface area contributed by atoms with E-state index in [0.29, 0.717) is 5.92 Å². The zero-order valence-electron chi connectivity index (χ0n) is 16.9. The lowest BCUT2D eigenvalue weighted by molar-refractivity contribution is 0.0142. The van der Waals surface area contributed by atoms with Crippen LogP contribution in [0.1, 0.15) is 58.9 Å². The Morgan fingerprint density at radius 2 is 1.85 bits per heavy atom. The smallest absolute Gasteiger partial charge is 0.410 e. The van der Waals surface area contributed by atoms with Crippen LogP contribution in [0.3, 0.4) is 0 Å². The molecule has 26 heavy (non-hydrogen) atoms. The number of hydrogen-bond donors (Lipinski definition) is 0. The van der Waals surface area contributed by atoms with Crippen molar-refractivity contribution in [3.05, 3.63) is 35.9 Å². The predicted octanol–water partition coefficient (Wildman–Crippen LogP) is 5.06. The summed E-state index contributed by atoms with van der Waals surface area (Å²) in [5, 5.41) is 0. The third kappa shape index (κ3) is 7.77. The van der Waals surface area contributed by atoms with Crippen molar-refractivity contribution in [3.8, 4) is 0 Å². The highest BCUT2D eigenvalue weighted by Crippen LogP contribution is 2.22. The van der Waals surface area contributed by atoms with E-state index in [1.807, 2.05) is 25.7 Å². The number of carbonyl (C=O) groups is 1. The first-order valence-corrected chi connectivity index (χ1v) is 9.97. The van der Waals surface area contributed by atoms with E-state index in [2.05, 4.69) is 37.3 Å². The van der Waals surface area contributed by atoms with Crippen LogP contribution in [0, 0.1) is 5.92 Å². The summed E-state index contributed by atoms with van der Waals surface area (Å²) in [4.78, 5) is 13.9. The highest BCUT2D eigenvalue weighted by Gasteiger charge is 2.26. The molecule has 1 saturated heterocycles. The molecule has 0 spiro atoms. The van der Waals surface area contributed by atoms with Crippen molar-refractivity contribution in [2.75, 3.05) is 19.7 Å². The molecule has 0 aliphatic carbocycles. The van der Waals surface area contributed by atoms with Gasteiger partial charge in [-0.3, -0.25) is 0 Å². The first kappa shape index (κ1) is 20.8. The van der Waals surface area contributed by atoms with E-state index in [9.17, 15) is 4.79 Å². The average Bonchev–Trinajstić information content (AvgIpc) is 2.60. The van der Waals surface area contributed by atoms with Gasteiger partial charge < -0.3 is 14.4 Å². The quantitative estimate of drug-likeness (QED) is 0.681. The minimum Gasteiger partial charge on any atom is -0.444 e. The topological polar surface area (TPSA) is 38.8 Å². The minimum absolute atomic E-state index is 0.179. The van der Waals surface area contributed by atoms with E-state index < -0.39 is 5.60 Å². The first-order chi connectivity index (χ1) is 12.3. The Bertz CT molecular complexity index is 530. The number of benzene rings is 1. The van der Waals surface area contributed by atoms with E-state index in [1.165, 1.54) is 5.56 Å². The molecule has 2 rings (SSSR count). The number of likely N-dealkylation sites (tertiary alicyclic amines) is 1. The maximum absolute atomic E-state index is 12.1. The highest BCUT2D eigenvalue weighted by molar-refractivity contribution is 5.68. The number of ether oxygens (including phenoxy) is 2. The number of piperidine rings is 1. The third-order valence-electron chi connectivity index (χ3n) is 4.88. The lowest BCUT2D eigenvalue weighted by Crippen LogP contribution is -2.41. The van der Waals surface area contributed by atoms with Crippen molar-refractivity contribution in [2.24, 2.45) is 5.92 Å². The molecule has 0 saturated carbocycles. The van der Waals surface area contributed by atoms with Crippen LogP contribution in [0.2, 0.25) is 0 Å². The molecule has 1 fully saturated rings. The Labute approximate surface area is 158 Å². The highest BCUT2D eigenvalue weighted by atomic mass is 16.6. The summed E-state index contributed by atoms with van der Waals surface area (Å²) in [6, 6.07) is 10.6. The Morgan fingerprint density at radius 1 is 1.19 bits per heavy atom. The molecule has 146 valence electrons. The van der Waals surface area contributed by atoms with Gasteiger partial charge in [-0.1, -0.05) is 30.3 Å².